The first-order valence-corrected chi connectivity index (χ1v) is 9.53. The average molecular weight is 368 g/mol. The molecule has 0 amide bonds. The maximum Gasteiger partial charge on any atom is 0.246 e. The van der Waals surface area contributed by atoms with Gasteiger partial charge in [0.2, 0.25) is 6.29 Å². The van der Waals surface area contributed by atoms with E-state index in [0.717, 1.165) is 18.5 Å². The molecule has 0 bridgehead atoms. The number of nitrogens with one attached hydrogen (secondary N) is 2. The zero-order valence-corrected chi connectivity index (χ0v) is 16.2. The fourth-order valence-electron chi connectivity index (χ4n) is 3.95. The molecule has 1 aliphatic carbocycles. The molecule has 1 fully saturated rings. The molecule has 1 aromatic rings. The third-order valence-electron chi connectivity index (χ3n) is 5.21. The maximum absolute atomic E-state index is 9.32. The fraction of sp³-hybridized carbons (Fsp3) is 0.524. The van der Waals surface area contributed by atoms with Crippen molar-refractivity contribution < 1.29 is 9.57 Å². The van der Waals surface area contributed by atoms with Crippen molar-refractivity contribution in [2.75, 3.05) is 13.6 Å². The zero-order chi connectivity index (χ0) is 19.4. The van der Waals surface area contributed by atoms with Gasteiger partial charge in [-0.05, 0) is 50.3 Å². The molecule has 1 heterocycles. The van der Waals surface area contributed by atoms with Crippen LogP contribution in [0.2, 0.25) is 0 Å². The van der Waals surface area contributed by atoms with Crippen molar-refractivity contribution in [2.45, 2.75) is 45.1 Å². The van der Waals surface area contributed by atoms with E-state index in [2.05, 4.69) is 46.6 Å². The van der Waals surface area contributed by atoms with Gasteiger partial charge in [0.15, 0.2) is 5.84 Å². The largest absolute Gasteiger partial charge is 0.370 e. The molecule has 1 saturated heterocycles. The topological polar surface area (TPSA) is 78.7 Å². The number of ether oxygens (including phenoxy) is 1. The van der Waals surface area contributed by atoms with Gasteiger partial charge >= 0.3 is 0 Å². The van der Waals surface area contributed by atoms with Crippen LogP contribution in [-0.2, 0) is 16.0 Å². The third kappa shape index (κ3) is 4.00. The van der Waals surface area contributed by atoms with Crippen molar-refractivity contribution in [1.29, 1.82) is 5.26 Å². The summed E-state index contributed by atoms with van der Waals surface area (Å²) in [7, 11) is 1.82. The van der Waals surface area contributed by atoms with Crippen LogP contribution >= 0.6 is 0 Å². The van der Waals surface area contributed by atoms with Crippen LogP contribution in [0, 0.1) is 23.2 Å². The highest BCUT2D eigenvalue weighted by molar-refractivity contribution is 6.00. The van der Waals surface area contributed by atoms with Crippen LogP contribution < -0.4 is 10.6 Å². The Balaban J connectivity index is 1.86. The predicted molar refractivity (Wildman–Crippen MR) is 105 cm³/mol. The number of oxime groups is 1. The molecule has 6 nitrogen and oxygen atoms in total. The smallest absolute Gasteiger partial charge is 0.246 e. The van der Waals surface area contributed by atoms with E-state index in [9.17, 15) is 5.26 Å². The highest BCUT2D eigenvalue weighted by Crippen LogP contribution is 2.42. The minimum Gasteiger partial charge on any atom is -0.370 e. The molecule has 2 N–H and O–H groups in total. The second kappa shape index (κ2) is 8.55. The molecule has 3 unspecified atom stereocenters. The fourth-order valence-corrected chi connectivity index (χ4v) is 3.95. The first-order valence-electron chi connectivity index (χ1n) is 9.53. The Labute approximate surface area is 161 Å². The van der Waals surface area contributed by atoms with Gasteiger partial charge in [0.1, 0.15) is 5.92 Å². The van der Waals surface area contributed by atoms with Gasteiger partial charge < -0.3 is 20.2 Å². The first kappa shape index (κ1) is 19.4. The van der Waals surface area contributed by atoms with Gasteiger partial charge in [0.25, 0.3) is 0 Å². The van der Waals surface area contributed by atoms with Crippen LogP contribution in [-0.4, -0.2) is 31.8 Å². The van der Waals surface area contributed by atoms with Gasteiger partial charge in [-0.15, -0.1) is 6.58 Å². The van der Waals surface area contributed by atoms with Gasteiger partial charge in [-0.1, -0.05) is 29.4 Å². The summed E-state index contributed by atoms with van der Waals surface area (Å²) in [6.07, 6.45) is 2.88. The minimum atomic E-state index is -0.798. The zero-order valence-electron chi connectivity index (χ0n) is 16.2. The molecule has 144 valence electrons. The van der Waals surface area contributed by atoms with Crippen molar-refractivity contribution in [3.05, 3.63) is 47.5 Å². The molecular formula is C21H28N4O2. The Morgan fingerprint density at radius 1 is 1.48 bits per heavy atom. The third-order valence-corrected chi connectivity index (χ3v) is 5.21. The highest BCUT2D eigenvalue weighted by atomic mass is 16.8. The van der Waals surface area contributed by atoms with Gasteiger partial charge in [-0.25, -0.2) is 0 Å². The summed E-state index contributed by atoms with van der Waals surface area (Å²) in [5, 5.41) is 20.4. The number of hydrogen-bond acceptors (Lipinski definition) is 5. The molecule has 1 aromatic carbocycles. The van der Waals surface area contributed by atoms with Gasteiger partial charge in [0.05, 0.1) is 12.2 Å². The summed E-state index contributed by atoms with van der Waals surface area (Å²) >= 11 is 0. The van der Waals surface area contributed by atoms with E-state index in [-0.39, 0.29) is 6.10 Å². The molecular weight excluding hydrogens is 340 g/mol. The van der Waals surface area contributed by atoms with Crippen LogP contribution in [0.1, 0.15) is 43.0 Å². The molecule has 0 aromatic heterocycles. The number of amidine groups is 1. The lowest BCUT2D eigenvalue weighted by atomic mass is 10.0. The quantitative estimate of drug-likeness (QED) is 0.254. The molecule has 1 aliphatic heterocycles. The molecule has 4 atom stereocenters. The van der Waals surface area contributed by atoms with Crippen LogP contribution in [0.25, 0.3) is 0 Å². The lowest BCUT2D eigenvalue weighted by Gasteiger charge is -2.21. The Morgan fingerprint density at radius 3 is 2.96 bits per heavy atom. The number of fused-ring (bicyclic) bond motifs is 3. The Kier molecular flexibility index (Phi) is 6.15. The summed E-state index contributed by atoms with van der Waals surface area (Å²) in [6.45, 7) is 8.57. The van der Waals surface area contributed by atoms with Crippen molar-refractivity contribution >= 4 is 5.84 Å². The number of nitrogens with zero attached hydrogens (tertiary/aromatic N) is 2. The van der Waals surface area contributed by atoms with E-state index in [1.165, 1.54) is 23.6 Å². The Bertz CT molecular complexity index is 753. The van der Waals surface area contributed by atoms with Crippen molar-refractivity contribution in [1.82, 2.24) is 10.6 Å². The van der Waals surface area contributed by atoms with Crippen molar-refractivity contribution in [3.8, 4) is 6.07 Å². The number of rotatable bonds is 7. The van der Waals surface area contributed by atoms with Crippen LogP contribution in [0.3, 0.4) is 0 Å². The second-order valence-electron chi connectivity index (χ2n) is 7.30. The Morgan fingerprint density at radius 2 is 2.30 bits per heavy atom. The van der Waals surface area contributed by atoms with E-state index in [4.69, 9.17) is 9.57 Å². The summed E-state index contributed by atoms with van der Waals surface area (Å²) in [5.41, 5.74) is 3.72. The monoisotopic (exact) mass is 368 g/mol. The standard InChI is InChI=1S/C21H28N4O2/c1-5-14(12-22)21(26-13(2)3)27-25-20(23-4)17-8-6-7-16-18(17)11-15-9-10-24-19(15)16/h5-8,13-15,19,21,24H,1,9-11H2,2-4H3,(H,23,25)/t14?,15-,19?,21?/m0/s1. The number of nitriles is 1. The number of hydrogen-bond donors (Lipinski definition) is 2. The van der Waals surface area contributed by atoms with Crippen molar-refractivity contribution in [3.63, 3.8) is 0 Å². The van der Waals surface area contributed by atoms with E-state index in [1.807, 2.05) is 20.9 Å². The molecule has 0 radical (unpaired) electrons. The summed E-state index contributed by atoms with van der Waals surface area (Å²) in [5.74, 6) is 0.699. The number of benzene rings is 1. The Hall–Kier alpha value is -2.36. The van der Waals surface area contributed by atoms with Gasteiger partial charge in [-0.2, -0.15) is 5.26 Å². The van der Waals surface area contributed by atoms with E-state index in [1.54, 1.807) is 0 Å². The van der Waals surface area contributed by atoms with Gasteiger partial charge in [0, 0.05) is 18.7 Å². The van der Waals surface area contributed by atoms with Crippen LogP contribution in [0.4, 0.5) is 0 Å². The summed E-state index contributed by atoms with van der Waals surface area (Å²) in [4.78, 5) is 5.65. The van der Waals surface area contributed by atoms with Crippen molar-refractivity contribution in [2.24, 2.45) is 17.0 Å². The predicted octanol–water partition coefficient (Wildman–Crippen LogP) is 2.87. The van der Waals surface area contributed by atoms with E-state index in [0.29, 0.717) is 17.8 Å². The molecule has 2 aliphatic rings. The first-order chi connectivity index (χ1) is 13.1. The average Bonchev–Trinajstić information content (AvgIpc) is 3.24. The molecule has 6 heteroatoms. The molecule has 27 heavy (non-hydrogen) atoms. The highest BCUT2D eigenvalue weighted by Gasteiger charge is 2.37. The molecule has 0 spiro atoms. The molecule has 3 rings (SSSR count). The molecule has 0 saturated carbocycles. The van der Waals surface area contributed by atoms with Crippen LogP contribution in [0.15, 0.2) is 36.0 Å². The summed E-state index contributed by atoms with van der Waals surface area (Å²) in [6, 6.07) is 8.91. The summed E-state index contributed by atoms with van der Waals surface area (Å²) < 4.78 is 5.72. The normalized spacial score (nSPS) is 23.3. The van der Waals surface area contributed by atoms with Gasteiger partial charge in [-0.3, -0.25) is 0 Å². The maximum atomic E-state index is 9.32. The SMILES string of the molecule is C=CC(C#N)C(O/N=C(\NC)c1cccc2c1C[C@@H]1CCNC21)OC(C)C. The van der Waals surface area contributed by atoms with E-state index < -0.39 is 12.2 Å². The van der Waals surface area contributed by atoms with Crippen LogP contribution in [0.5, 0.6) is 0 Å². The minimum absolute atomic E-state index is 0.0922. The second-order valence-corrected chi connectivity index (χ2v) is 7.30. The van der Waals surface area contributed by atoms with E-state index >= 15 is 0 Å². The lowest BCUT2D eigenvalue weighted by Crippen LogP contribution is -2.29. The lowest BCUT2D eigenvalue weighted by molar-refractivity contribution is -0.173.